The number of nitrogens with one attached hydrogen (secondary N) is 1. The first-order valence-corrected chi connectivity index (χ1v) is 9.34. The van der Waals surface area contributed by atoms with Crippen LogP contribution in [0.2, 0.25) is 0 Å². The first-order valence-electron chi connectivity index (χ1n) is 6.92. The lowest BCUT2D eigenvalue weighted by Crippen LogP contribution is -2.22. The van der Waals surface area contributed by atoms with Crippen LogP contribution in [0, 0.1) is 0 Å². The van der Waals surface area contributed by atoms with Gasteiger partial charge < -0.3 is 4.74 Å². The van der Waals surface area contributed by atoms with Gasteiger partial charge in [0, 0.05) is 34.9 Å². The molecule has 6 nitrogen and oxygen atoms in total. The number of aldehydes is 1. The van der Waals surface area contributed by atoms with Gasteiger partial charge in [0.25, 0.3) is 10.0 Å². The number of aliphatic imine (C=N–C) groups is 1. The summed E-state index contributed by atoms with van der Waals surface area (Å²) in [5.41, 5.74) is 1.20. The molecule has 0 saturated heterocycles. The Labute approximate surface area is 137 Å². The fourth-order valence-corrected chi connectivity index (χ4v) is 4.57. The number of thiophene rings is 1. The number of nitrogens with zero attached hydrogens (tertiary/aromatic N) is 1. The summed E-state index contributed by atoms with van der Waals surface area (Å²) in [5, 5.41) is 3.37. The molecule has 0 unspecified atom stereocenters. The summed E-state index contributed by atoms with van der Waals surface area (Å²) in [5.74, 6) is 1.02. The molecule has 2 heterocycles. The first-order chi connectivity index (χ1) is 11.1. The van der Waals surface area contributed by atoms with Crippen LogP contribution in [0.4, 0.5) is 0 Å². The number of fused-ring (bicyclic) bond motifs is 1. The highest BCUT2D eigenvalue weighted by Crippen LogP contribution is 2.26. The van der Waals surface area contributed by atoms with Crippen molar-refractivity contribution < 1.29 is 17.9 Å². The van der Waals surface area contributed by atoms with E-state index in [0.29, 0.717) is 47.2 Å². The van der Waals surface area contributed by atoms with Gasteiger partial charge >= 0.3 is 0 Å². The SMILES string of the molecule is O=Cc1cccc(OCCCN=C2NS(=O)(=O)c3cscc32)c1. The number of amidine groups is 1. The molecule has 0 saturated carbocycles. The third-order valence-corrected chi connectivity index (χ3v) is 5.51. The Morgan fingerprint density at radius 1 is 1.30 bits per heavy atom. The molecule has 23 heavy (non-hydrogen) atoms. The van der Waals surface area contributed by atoms with Crippen LogP contribution in [-0.4, -0.2) is 33.7 Å². The van der Waals surface area contributed by atoms with E-state index in [-0.39, 0.29) is 0 Å². The fraction of sp³-hybridized carbons (Fsp3) is 0.200. The van der Waals surface area contributed by atoms with Gasteiger partial charge in [0.1, 0.15) is 22.8 Å². The molecule has 2 aromatic rings. The van der Waals surface area contributed by atoms with Crippen LogP contribution < -0.4 is 9.46 Å². The maximum Gasteiger partial charge on any atom is 0.264 e. The highest BCUT2D eigenvalue weighted by atomic mass is 32.2. The minimum Gasteiger partial charge on any atom is -0.494 e. The predicted molar refractivity (Wildman–Crippen MR) is 88.0 cm³/mol. The number of rotatable bonds is 6. The Hall–Kier alpha value is -2.19. The highest BCUT2D eigenvalue weighted by molar-refractivity contribution is 7.90. The van der Waals surface area contributed by atoms with Gasteiger partial charge in [0.15, 0.2) is 0 Å². The number of carbonyl (C=O) groups excluding carboxylic acids is 1. The van der Waals surface area contributed by atoms with Crippen LogP contribution in [0.15, 0.2) is 44.9 Å². The van der Waals surface area contributed by atoms with Crippen LogP contribution in [0.1, 0.15) is 22.3 Å². The predicted octanol–water partition coefficient (Wildman–Crippen LogP) is 2.07. The second kappa shape index (κ2) is 6.51. The highest BCUT2D eigenvalue weighted by Gasteiger charge is 2.31. The molecular weight excluding hydrogens is 336 g/mol. The van der Waals surface area contributed by atoms with Crippen molar-refractivity contribution in [2.45, 2.75) is 11.3 Å². The number of benzene rings is 1. The molecule has 1 aliphatic heterocycles. The van der Waals surface area contributed by atoms with Crippen molar-refractivity contribution >= 4 is 33.5 Å². The van der Waals surface area contributed by atoms with Crippen LogP contribution in [-0.2, 0) is 10.0 Å². The van der Waals surface area contributed by atoms with Crippen molar-refractivity contribution in [3.63, 3.8) is 0 Å². The van der Waals surface area contributed by atoms with Gasteiger partial charge in [-0.05, 0) is 12.1 Å². The van der Waals surface area contributed by atoms with Crippen LogP contribution in [0.5, 0.6) is 5.75 Å². The number of carbonyl (C=O) groups is 1. The summed E-state index contributed by atoms with van der Waals surface area (Å²) in [4.78, 5) is 15.3. The molecule has 0 bridgehead atoms. The maximum atomic E-state index is 11.8. The summed E-state index contributed by atoms with van der Waals surface area (Å²) >= 11 is 1.34. The third-order valence-electron chi connectivity index (χ3n) is 3.24. The Morgan fingerprint density at radius 2 is 2.17 bits per heavy atom. The minimum atomic E-state index is -3.44. The second-order valence-corrected chi connectivity index (χ2v) is 7.27. The molecule has 0 radical (unpaired) electrons. The van der Waals surface area contributed by atoms with E-state index in [9.17, 15) is 13.2 Å². The monoisotopic (exact) mass is 350 g/mol. The summed E-state index contributed by atoms with van der Waals surface area (Å²) in [6.45, 7) is 0.878. The zero-order valence-corrected chi connectivity index (χ0v) is 13.7. The molecule has 1 N–H and O–H groups in total. The number of hydrogen-bond acceptors (Lipinski definition) is 6. The quantitative estimate of drug-likeness (QED) is 0.638. The van der Waals surface area contributed by atoms with Gasteiger partial charge in [-0.1, -0.05) is 12.1 Å². The third kappa shape index (κ3) is 3.43. The molecule has 1 aliphatic rings. The van der Waals surface area contributed by atoms with Crippen LogP contribution >= 0.6 is 11.3 Å². The standard InChI is InChI=1S/C15H14N2O4S2/c18-8-11-3-1-4-12(7-11)21-6-2-5-16-15-13-9-22-10-14(13)23(19,20)17-15/h1,3-4,7-10H,2,5-6H2,(H,16,17). The molecule has 0 amide bonds. The van der Waals surface area contributed by atoms with Crippen LogP contribution in [0.3, 0.4) is 0 Å². The maximum absolute atomic E-state index is 11.8. The average Bonchev–Trinajstić information content (AvgIpc) is 3.11. The Bertz CT molecular complexity index is 856. The summed E-state index contributed by atoms with van der Waals surface area (Å²) in [6, 6.07) is 6.91. The zero-order valence-electron chi connectivity index (χ0n) is 12.1. The van der Waals surface area contributed by atoms with E-state index in [1.165, 1.54) is 11.3 Å². The fourth-order valence-electron chi connectivity index (χ4n) is 2.14. The molecular formula is C15H14N2O4S2. The number of hydrogen-bond donors (Lipinski definition) is 1. The van der Waals surface area contributed by atoms with E-state index in [4.69, 9.17) is 4.74 Å². The first kappa shape index (κ1) is 15.7. The summed E-state index contributed by atoms with van der Waals surface area (Å²) in [7, 11) is -3.44. The lowest BCUT2D eigenvalue weighted by molar-refractivity contribution is 0.112. The Balaban J connectivity index is 1.53. The van der Waals surface area contributed by atoms with Gasteiger partial charge in [0.05, 0.1) is 6.61 Å². The lowest BCUT2D eigenvalue weighted by atomic mass is 10.2. The molecule has 1 aromatic heterocycles. The smallest absolute Gasteiger partial charge is 0.264 e. The van der Waals surface area contributed by atoms with Gasteiger partial charge in [-0.3, -0.25) is 14.5 Å². The van der Waals surface area contributed by atoms with Crippen molar-refractivity contribution in [2.75, 3.05) is 13.2 Å². The normalized spacial score (nSPS) is 16.8. The van der Waals surface area contributed by atoms with Crippen molar-refractivity contribution in [3.8, 4) is 5.75 Å². The number of sulfonamides is 1. The van der Waals surface area contributed by atoms with Gasteiger partial charge in [-0.15, -0.1) is 0 Å². The molecule has 120 valence electrons. The van der Waals surface area contributed by atoms with Gasteiger partial charge in [-0.2, -0.15) is 11.3 Å². The Kier molecular flexibility index (Phi) is 4.44. The molecule has 0 atom stereocenters. The number of ether oxygens (including phenoxy) is 1. The van der Waals surface area contributed by atoms with E-state index in [1.54, 1.807) is 35.0 Å². The molecule has 0 spiro atoms. The molecule has 8 heteroatoms. The van der Waals surface area contributed by atoms with E-state index < -0.39 is 10.0 Å². The molecule has 1 aromatic carbocycles. The van der Waals surface area contributed by atoms with E-state index in [2.05, 4.69) is 9.71 Å². The van der Waals surface area contributed by atoms with E-state index in [1.807, 2.05) is 0 Å². The topological polar surface area (TPSA) is 84.8 Å². The lowest BCUT2D eigenvalue weighted by Gasteiger charge is -2.05. The zero-order chi connectivity index (χ0) is 16.3. The molecule has 0 aliphatic carbocycles. The Morgan fingerprint density at radius 3 is 3.00 bits per heavy atom. The summed E-state index contributed by atoms with van der Waals surface area (Å²) < 4.78 is 31.6. The second-order valence-electron chi connectivity index (χ2n) is 4.88. The van der Waals surface area contributed by atoms with Crippen molar-refractivity contribution in [1.82, 2.24) is 4.72 Å². The molecule has 3 rings (SSSR count). The van der Waals surface area contributed by atoms with Gasteiger partial charge in [0.2, 0.25) is 0 Å². The van der Waals surface area contributed by atoms with E-state index >= 15 is 0 Å². The minimum absolute atomic E-state index is 0.295. The largest absolute Gasteiger partial charge is 0.494 e. The van der Waals surface area contributed by atoms with Crippen molar-refractivity contribution in [2.24, 2.45) is 4.99 Å². The summed E-state index contributed by atoms with van der Waals surface area (Å²) in [6.07, 6.45) is 1.40. The van der Waals surface area contributed by atoms with Crippen molar-refractivity contribution in [1.29, 1.82) is 0 Å². The molecule has 0 fully saturated rings. The van der Waals surface area contributed by atoms with Crippen LogP contribution in [0.25, 0.3) is 0 Å². The van der Waals surface area contributed by atoms with Gasteiger partial charge in [-0.25, -0.2) is 8.42 Å². The van der Waals surface area contributed by atoms with Crippen molar-refractivity contribution in [3.05, 3.63) is 46.2 Å². The van der Waals surface area contributed by atoms with E-state index in [0.717, 1.165) is 6.29 Å². The average molecular weight is 350 g/mol.